The van der Waals surface area contributed by atoms with Crippen molar-refractivity contribution in [2.75, 3.05) is 33.9 Å². The maximum absolute atomic E-state index is 5.23. The van der Waals surface area contributed by atoms with Gasteiger partial charge in [0.1, 0.15) is 0 Å². The highest BCUT2D eigenvalue weighted by atomic mass is 16.5. The van der Waals surface area contributed by atoms with Gasteiger partial charge >= 0.3 is 0 Å². The summed E-state index contributed by atoms with van der Waals surface area (Å²) in [6.07, 6.45) is 2.37. The van der Waals surface area contributed by atoms with Gasteiger partial charge in [-0.1, -0.05) is 13.8 Å². The van der Waals surface area contributed by atoms with Gasteiger partial charge in [0.25, 0.3) is 0 Å². The van der Waals surface area contributed by atoms with Crippen molar-refractivity contribution in [3.8, 4) is 0 Å². The van der Waals surface area contributed by atoms with Gasteiger partial charge in [-0.3, -0.25) is 0 Å². The molecule has 0 aromatic carbocycles. The lowest BCUT2D eigenvalue weighted by Crippen LogP contribution is -2.45. The summed E-state index contributed by atoms with van der Waals surface area (Å²) in [6, 6.07) is 1.10. The average Bonchev–Trinajstić information content (AvgIpc) is 2.24. The fraction of sp³-hybridized carbons (Fsp3) is 1.00. The number of nitrogens with zero attached hydrogens (tertiary/aromatic N) is 1. The van der Waals surface area contributed by atoms with Crippen molar-refractivity contribution in [2.24, 2.45) is 0 Å². The molecule has 0 saturated heterocycles. The van der Waals surface area contributed by atoms with E-state index in [1.165, 1.54) is 12.8 Å². The largest absolute Gasteiger partial charge is 0.383 e. The monoisotopic (exact) mass is 216 g/mol. The minimum Gasteiger partial charge on any atom is -0.383 e. The fourth-order valence-corrected chi connectivity index (χ4v) is 1.57. The summed E-state index contributed by atoms with van der Waals surface area (Å²) in [6.45, 7) is 9.61. The van der Waals surface area contributed by atoms with Gasteiger partial charge < -0.3 is 15.0 Å². The van der Waals surface area contributed by atoms with Crippen LogP contribution in [0.25, 0.3) is 0 Å². The Morgan fingerprint density at radius 2 is 2.00 bits per heavy atom. The molecule has 0 aliphatic rings. The van der Waals surface area contributed by atoms with E-state index in [0.29, 0.717) is 12.1 Å². The third-order valence-electron chi connectivity index (χ3n) is 2.90. The Kier molecular flexibility index (Phi) is 9.06. The second-order valence-electron chi connectivity index (χ2n) is 4.30. The Labute approximate surface area is 95.2 Å². The molecule has 2 atom stereocenters. The van der Waals surface area contributed by atoms with Crippen molar-refractivity contribution >= 4 is 0 Å². The zero-order valence-electron chi connectivity index (χ0n) is 11.0. The Balaban J connectivity index is 3.91. The van der Waals surface area contributed by atoms with E-state index < -0.39 is 0 Å². The van der Waals surface area contributed by atoms with Gasteiger partial charge in [-0.25, -0.2) is 0 Å². The molecule has 3 heteroatoms. The summed E-state index contributed by atoms with van der Waals surface area (Å²) in [5.41, 5.74) is 0. The zero-order valence-corrected chi connectivity index (χ0v) is 11.0. The van der Waals surface area contributed by atoms with Crippen LogP contribution < -0.4 is 5.32 Å². The van der Waals surface area contributed by atoms with E-state index in [9.17, 15) is 0 Å². The van der Waals surface area contributed by atoms with Crippen LogP contribution in [0.3, 0.4) is 0 Å². The number of nitrogens with one attached hydrogen (secondary N) is 1. The highest BCUT2D eigenvalue weighted by Gasteiger charge is 2.13. The van der Waals surface area contributed by atoms with Crippen LogP contribution in [0.15, 0.2) is 0 Å². The van der Waals surface area contributed by atoms with Gasteiger partial charge in [-0.05, 0) is 33.4 Å². The lowest BCUT2D eigenvalue weighted by atomic mass is 10.2. The topological polar surface area (TPSA) is 24.5 Å². The number of likely N-dealkylation sites (N-methyl/N-ethyl adjacent to an activating group) is 1. The number of ether oxygens (including phenoxy) is 1. The van der Waals surface area contributed by atoms with Crippen molar-refractivity contribution in [2.45, 2.75) is 45.7 Å². The Bertz CT molecular complexity index is 142. The predicted octanol–water partition coefficient (Wildman–Crippen LogP) is 1.73. The van der Waals surface area contributed by atoms with E-state index in [1.807, 2.05) is 0 Å². The molecule has 1 N–H and O–H groups in total. The summed E-state index contributed by atoms with van der Waals surface area (Å²) in [5.74, 6) is 0. The molecule has 0 spiro atoms. The van der Waals surface area contributed by atoms with Gasteiger partial charge in [0, 0.05) is 25.7 Å². The molecule has 0 aliphatic carbocycles. The fourth-order valence-electron chi connectivity index (χ4n) is 1.57. The summed E-state index contributed by atoms with van der Waals surface area (Å²) in [4.78, 5) is 2.40. The molecule has 0 radical (unpaired) electrons. The molecule has 0 heterocycles. The van der Waals surface area contributed by atoms with E-state index in [1.54, 1.807) is 7.11 Å². The van der Waals surface area contributed by atoms with Gasteiger partial charge in [0.2, 0.25) is 0 Å². The normalized spacial score (nSPS) is 15.6. The molecule has 0 fully saturated rings. The van der Waals surface area contributed by atoms with E-state index in [2.05, 4.69) is 38.0 Å². The highest BCUT2D eigenvalue weighted by Crippen LogP contribution is 2.01. The van der Waals surface area contributed by atoms with Crippen LogP contribution in [0.2, 0.25) is 0 Å². The first-order valence-corrected chi connectivity index (χ1v) is 6.08. The first kappa shape index (κ1) is 14.9. The SMILES string of the molecule is CCCNC(COC)CN(C)C(C)CC. The van der Waals surface area contributed by atoms with Crippen LogP contribution in [0.4, 0.5) is 0 Å². The molecule has 0 aliphatic heterocycles. The van der Waals surface area contributed by atoms with E-state index in [-0.39, 0.29) is 0 Å². The number of hydrogen-bond acceptors (Lipinski definition) is 3. The first-order valence-electron chi connectivity index (χ1n) is 6.08. The quantitative estimate of drug-likeness (QED) is 0.635. The number of hydrogen-bond donors (Lipinski definition) is 1. The molecule has 0 bridgehead atoms. The lowest BCUT2D eigenvalue weighted by Gasteiger charge is -2.28. The van der Waals surface area contributed by atoms with E-state index in [4.69, 9.17) is 4.74 Å². The molecule has 2 unspecified atom stereocenters. The van der Waals surface area contributed by atoms with Gasteiger partial charge in [-0.15, -0.1) is 0 Å². The molecule has 0 aromatic heterocycles. The van der Waals surface area contributed by atoms with Crippen LogP contribution in [0.5, 0.6) is 0 Å². The summed E-state index contributed by atoms with van der Waals surface area (Å²) in [7, 11) is 3.95. The molecule has 0 saturated carbocycles. The Morgan fingerprint density at radius 3 is 2.47 bits per heavy atom. The van der Waals surface area contributed by atoms with Crippen LogP contribution in [-0.4, -0.2) is 50.8 Å². The number of methoxy groups -OCH3 is 1. The van der Waals surface area contributed by atoms with E-state index in [0.717, 1.165) is 19.7 Å². The molecule has 15 heavy (non-hydrogen) atoms. The van der Waals surface area contributed by atoms with E-state index >= 15 is 0 Å². The minimum atomic E-state index is 0.453. The highest BCUT2D eigenvalue weighted by molar-refractivity contribution is 4.72. The second kappa shape index (κ2) is 9.13. The van der Waals surface area contributed by atoms with Gasteiger partial charge in [0.05, 0.1) is 6.61 Å². The molecule has 0 amide bonds. The van der Waals surface area contributed by atoms with Crippen molar-refractivity contribution in [1.29, 1.82) is 0 Å². The minimum absolute atomic E-state index is 0.453. The predicted molar refractivity (Wildman–Crippen MR) is 66.3 cm³/mol. The van der Waals surface area contributed by atoms with Crippen LogP contribution in [0, 0.1) is 0 Å². The molecular weight excluding hydrogens is 188 g/mol. The van der Waals surface area contributed by atoms with Crippen LogP contribution in [0.1, 0.15) is 33.6 Å². The molecule has 3 nitrogen and oxygen atoms in total. The van der Waals surface area contributed by atoms with Gasteiger partial charge in [-0.2, -0.15) is 0 Å². The second-order valence-corrected chi connectivity index (χ2v) is 4.30. The summed E-state index contributed by atoms with van der Waals surface area (Å²) in [5, 5.41) is 3.51. The third-order valence-corrected chi connectivity index (χ3v) is 2.90. The molecule has 92 valence electrons. The van der Waals surface area contributed by atoms with Crippen molar-refractivity contribution < 1.29 is 4.74 Å². The third kappa shape index (κ3) is 6.88. The van der Waals surface area contributed by atoms with Crippen LogP contribution >= 0.6 is 0 Å². The lowest BCUT2D eigenvalue weighted by molar-refractivity contribution is 0.133. The first-order chi connectivity index (χ1) is 7.15. The van der Waals surface area contributed by atoms with Gasteiger partial charge in [0.15, 0.2) is 0 Å². The zero-order chi connectivity index (χ0) is 11.7. The maximum Gasteiger partial charge on any atom is 0.0628 e. The summed E-state index contributed by atoms with van der Waals surface area (Å²) >= 11 is 0. The Morgan fingerprint density at radius 1 is 1.33 bits per heavy atom. The maximum atomic E-state index is 5.23. The molecule has 0 aromatic rings. The molecule has 0 rings (SSSR count). The number of rotatable bonds is 9. The smallest absolute Gasteiger partial charge is 0.0628 e. The van der Waals surface area contributed by atoms with Crippen molar-refractivity contribution in [1.82, 2.24) is 10.2 Å². The van der Waals surface area contributed by atoms with Crippen LogP contribution in [-0.2, 0) is 4.74 Å². The Hall–Kier alpha value is -0.120. The average molecular weight is 216 g/mol. The van der Waals surface area contributed by atoms with Crippen molar-refractivity contribution in [3.63, 3.8) is 0 Å². The molecular formula is C12H28N2O. The van der Waals surface area contributed by atoms with Crippen molar-refractivity contribution in [3.05, 3.63) is 0 Å². The standard InChI is InChI=1S/C12H28N2O/c1-6-8-13-12(10-15-5)9-14(4)11(3)7-2/h11-13H,6-10H2,1-5H3. The summed E-state index contributed by atoms with van der Waals surface area (Å²) < 4.78 is 5.23.